The van der Waals surface area contributed by atoms with Crippen LogP contribution >= 0.6 is 0 Å². The van der Waals surface area contributed by atoms with Gasteiger partial charge in [-0.3, -0.25) is 0 Å². The van der Waals surface area contributed by atoms with Crippen LogP contribution in [-0.2, 0) is 10.8 Å². The lowest BCUT2D eigenvalue weighted by Crippen LogP contribution is -2.16. The Labute approximate surface area is 358 Å². The molecule has 1 aliphatic carbocycles. The van der Waals surface area contributed by atoms with Crippen LogP contribution in [0.15, 0.2) is 199 Å². The Morgan fingerprint density at radius 1 is 0.426 bits per heavy atom. The molecule has 0 spiro atoms. The van der Waals surface area contributed by atoms with Gasteiger partial charge in [0.2, 0.25) is 0 Å². The quantitative estimate of drug-likeness (QED) is 0.167. The summed E-state index contributed by atoms with van der Waals surface area (Å²) >= 11 is 0. The third-order valence-corrected chi connectivity index (χ3v) is 13.0. The first-order valence-corrected chi connectivity index (χ1v) is 21.4. The summed E-state index contributed by atoms with van der Waals surface area (Å²) in [5, 5.41) is 4.62. The Hall–Kier alpha value is -7.16. The van der Waals surface area contributed by atoms with Crippen LogP contribution < -0.4 is 4.90 Å². The minimum absolute atomic E-state index is 0.0798. The molecule has 10 aromatic rings. The molecule has 0 amide bonds. The van der Waals surface area contributed by atoms with Gasteiger partial charge in [0.05, 0.1) is 11.4 Å². The second kappa shape index (κ2) is 14.0. The molecule has 9 aromatic carbocycles. The molecule has 1 heterocycles. The largest absolute Gasteiger partial charge is 0.456 e. The number of rotatable bonds is 6. The van der Waals surface area contributed by atoms with E-state index in [0.717, 1.165) is 55.7 Å². The van der Waals surface area contributed by atoms with Crippen molar-refractivity contribution in [3.8, 4) is 44.5 Å². The van der Waals surface area contributed by atoms with E-state index in [1.165, 1.54) is 55.3 Å². The molecule has 11 rings (SSSR count). The molecular formula is C59H47NO. The molecule has 2 heteroatoms. The van der Waals surface area contributed by atoms with E-state index in [9.17, 15) is 0 Å². The summed E-state index contributed by atoms with van der Waals surface area (Å²) in [6.07, 6.45) is 0. The van der Waals surface area contributed by atoms with Gasteiger partial charge < -0.3 is 9.32 Å². The Bertz CT molecular complexity index is 3310. The maximum Gasteiger partial charge on any atom is 0.135 e. The molecule has 0 atom stereocenters. The number of hydrogen-bond acceptors (Lipinski definition) is 2. The zero-order valence-corrected chi connectivity index (χ0v) is 35.3. The molecule has 0 radical (unpaired) electrons. The van der Waals surface area contributed by atoms with Crippen LogP contribution in [0.25, 0.3) is 77.2 Å². The highest BCUT2D eigenvalue weighted by molar-refractivity contribution is 6.11. The molecule has 1 aliphatic rings. The lowest BCUT2D eigenvalue weighted by molar-refractivity contribution is 0.590. The summed E-state index contributed by atoms with van der Waals surface area (Å²) in [6.45, 7) is 11.5. The average Bonchev–Trinajstić information content (AvgIpc) is 3.77. The van der Waals surface area contributed by atoms with Crippen LogP contribution in [0.1, 0.15) is 51.3 Å². The van der Waals surface area contributed by atoms with Crippen molar-refractivity contribution >= 4 is 49.8 Å². The smallest absolute Gasteiger partial charge is 0.135 e. The van der Waals surface area contributed by atoms with E-state index >= 15 is 0 Å². The van der Waals surface area contributed by atoms with E-state index in [-0.39, 0.29) is 10.8 Å². The summed E-state index contributed by atoms with van der Waals surface area (Å²) in [6, 6.07) is 71.6. The Kier molecular flexibility index (Phi) is 8.44. The molecular weight excluding hydrogens is 739 g/mol. The van der Waals surface area contributed by atoms with Gasteiger partial charge >= 0.3 is 0 Å². The van der Waals surface area contributed by atoms with Crippen LogP contribution in [0.4, 0.5) is 17.1 Å². The number of fused-ring (bicyclic) bond motifs is 7. The fourth-order valence-corrected chi connectivity index (χ4v) is 9.81. The van der Waals surface area contributed by atoms with Gasteiger partial charge in [-0.1, -0.05) is 180 Å². The van der Waals surface area contributed by atoms with Crippen molar-refractivity contribution in [1.29, 1.82) is 0 Å². The van der Waals surface area contributed by atoms with E-state index in [1.807, 2.05) is 6.07 Å². The van der Waals surface area contributed by atoms with E-state index in [0.29, 0.717) is 0 Å². The van der Waals surface area contributed by atoms with Crippen molar-refractivity contribution in [2.75, 3.05) is 4.90 Å². The van der Waals surface area contributed by atoms with Crippen molar-refractivity contribution in [2.45, 2.75) is 45.4 Å². The molecule has 61 heavy (non-hydrogen) atoms. The summed E-state index contributed by atoms with van der Waals surface area (Å²) in [5.41, 5.74) is 18.7. The molecule has 1 aromatic heterocycles. The molecule has 2 nitrogen and oxygen atoms in total. The lowest BCUT2D eigenvalue weighted by Gasteiger charge is -2.32. The number of para-hydroxylation sites is 1. The maximum absolute atomic E-state index is 6.36. The highest BCUT2D eigenvalue weighted by Crippen LogP contribution is 2.53. The Balaban J connectivity index is 1.21. The summed E-state index contributed by atoms with van der Waals surface area (Å²) in [4.78, 5) is 2.52. The Morgan fingerprint density at radius 2 is 1.08 bits per heavy atom. The number of nitrogens with zero attached hydrogens (tertiary/aromatic N) is 1. The van der Waals surface area contributed by atoms with Crippen molar-refractivity contribution in [3.63, 3.8) is 0 Å². The van der Waals surface area contributed by atoms with E-state index in [2.05, 4.69) is 228 Å². The second-order valence-corrected chi connectivity index (χ2v) is 18.2. The molecule has 0 saturated heterocycles. The van der Waals surface area contributed by atoms with Crippen LogP contribution in [0.3, 0.4) is 0 Å². The summed E-state index contributed by atoms with van der Waals surface area (Å²) in [7, 11) is 0. The monoisotopic (exact) mass is 785 g/mol. The van der Waals surface area contributed by atoms with Crippen LogP contribution in [0.5, 0.6) is 0 Å². The molecule has 0 fully saturated rings. The summed E-state index contributed by atoms with van der Waals surface area (Å²) < 4.78 is 6.36. The number of furan rings is 1. The van der Waals surface area contributed by atoms with Gasteiger partial charge in [-0.05, 0) is 115 Å². The van der Waals surface area contributed by atoms with Crippen LogP contribution in [0, 0.1) is 0 Å². The maximum atomic E-state index is 6.36. The minimum atomic E-state index is -0.106. The molecule has 0 unspecified atom stereocenters. The number of hydrogen-bond donors (Lipinski definition) is 0. The third kappa shape index (κ3) is 6.08. The third-order valence-electron chi connectivity index (χ3n) is 13.0. The first-order valence-electron chi connectivity index (χ1n) is 21.4. The normalized spacial score (nSPS) is 13.1. The Morgan fingerprint density at radius 3 is 1.90 bits per heavy atom. The molecule has 0 saturated carbocycles. The first kappa shape index (κ1) is 36.9. The van der Waals surface area contributed by atoms with Gasteiger partial charge in [-0.2, -0.15) is 0 Å². The average molecular weight is 786 g/mol. The fourth-order valence-electron chi connectivity index (χ4n) is 9.81. The number of anilines is 3. The van der Waals surface area contributed by atoms with Gasteiger partial charge in [0.25, 0.3) is 0 Å². The van der Waals surface area contributed by atoms with Crippen molar-refractivity contribution in [2.24, 2.45) is 0 Å². The first-order chi connectivity index (χ1) is 29.6. The van der Waals surface area contributed by atoms with Crippen molar-refractivity contribution in [1.82, 2.24) is 0 Å². The highest BCUT2D eigenvalue weighted by atomic mass is 16.3. The van der Waals surface area contributed by atoms with Crippen molar-refractivity contribution in [3.05, 3.63) is 211 Å². The minimum Gasteiger partial charge on any atom is -0.456 e. The van der Waals surface area contributed by atoms with Gasteiger partial charge in [0.1, 0.15) is 11.2 Å². The second-order valence-electron chi connectivity index (χ2n) is 18.2. The molecule has 0 N–H and O–H groups in total. The van der Waals surface area contributed by atoms with E-state index in [1.54, 1.807) is 0 Å². The van der Waals surface area contributed by atoms with Gasteiger partial charge in [0, 0.05) is 33.0 Å². The van der Waals surface area contributed by atoms with Gasteiger partial charge in [-0.15, -0.1) is 0 Å². The molecule has 0 bridgehead atoms. The number of benzene rings is 9. The van der Waals surface area contributed by atoms with E-state index < -0.39 is 0 Å². The lowest BCUT2D eigenvalue weighted by atomic mass is 9.82. The summed E-state index contributed by atoms with van der Waals surface area (Å²) in [5.74, 6) is 0. The highest BCUT2D eigenvalue weighted by Gasteiger charge is 2.36. The van der Waals surface area contributed by atoms with E-state index in [4.69, 9.17) is 4.42 Å². The standard InChI is InChI=1S/C59H47NO/c1-58(2,3)43-28-23-38(24-29-43)41-26-32-53(48(35-41)39-15-7-6-8-16-39)60(44-30-31-52-49(37-44)46-19-11-13-21-51(46)59(52,4)5)54-33-25-40-17-9-10-18-45(40)57(54)42-27-34-56-50(36-42)47-20-12-14-22-55(47)61-56/h6-37H,1-5H3. The topological polar surface area (TPSA) is 16.4 Å². The fraction of sp³-hybridized carbons (Fsp3) is 0.119. The zero-order chi connectivity index (χ0) is 41.5. The molecule has 294 valence electrons. The van der Waals surface area contributed by atoms with Gasteiger partial charge in [-0.25, -0.2) is 0 Å². The predicted octanol–water partition coefficient (Wildman–Crippen LogP) is 16.8. The van der Waals surface area contributed by atoms with Gasteiger partial charge in [0.15, 0.2) is 0 Å². The predicted molar refractivity (Wildman–Crippen MR) is 258 cm³/mol. The molecule has 0 aliphatic heterocycles. The SMILES string of the molecule is CC(C)(C)c1ccc(-c2ccc(N(c3ccc4c(c3)-c3ccccc3C4(C)C)c3ccc4ccccc4c3-c3ccc4oc5ccccc5c4c3)c(-c3ccccc3)c2)cc1. The van der Waals surface area contributed by atoms with Crippen molar-refractivity contribution < 1.29 is 4.42 Å². The zero-order valence-electron chi connectivity index (χ0n) is 35.3. The van der Waals surface area contributed by atoms with Crippen LogP contribution in [0.2, 0.25) is 0 Å². The van der Waals surface area contributed by atoms with Crippen LogP contribution in [-0.4, -0.2) is 0 Å².